The number of phenolic OH excluding ortho intramolecular Hbond substituents is 1. The van der Waals surface area contributed by atoms with E-state index in [9.17, 15) is 5.11 Å². The lowest BCUT2D eigenvalue weighted by molar-refractivity contribution is 0.477. The van der Waals surface area contributed by atoms with Crippen molar-refractivity contribution in [2.75, 3.05) is 19.0 Å². The van der Waals surface area contributed by atoms with Crippen LogP contribution in [0.5, 0.6) is 5.75 Å². The maximum Gasteiger partial charge on any atom is 0.203 e. The Balaban J connectivity index is 2.13. The first kappa shape index (κ1) is 13.6. The van der Waals surface area contributed by atoms with Crippen LogP contribution in [0.3, 0.4) is 0 Å². The van der Waals surface area contributed by atoms with Gasteiger partial charge < -0.3 is 15.0 Å². The topological polar surface area (TPSA) is 52.1 Å². The largest absolute Gasteiger partial charge is 0.507 e. The van der Waals surface area contributed by atoms with Gasteiger partial charge in [0.15, 0.2) is 0 Å². The number of H-pyrrole nitrogens is 1. The van der Waals surface area contributed by atoms with Crippen LogP contribution in [0.15, 0.2) is 54.6 Å². The number of aromatic hydroxyl groups is 1. The molecule has 1 aromatic heterocycles. The highest BCUT2D eigenvalue weighted by atomic mass is 16.3. The Morgan fingerprint density at radius 1 is 0.913 bits per heavy atom. The van der Waals surface area contributed by atoms with Crippen LogP contribution in [0.2, 0.25) is 0 Å². The van der Waals surface area contributed by atoms with E-state index in [0.717, 1.165) is 38.9 Å². The van der Waals surface area contributed by atoms with E-state index in [4.69, 9.17) is 4.98 Å². The number of benzene rings is 3. The Morgan fingerprint density at radius 2 is 1.61 bits per heavy atom. The zero-order valence-corrected chi connectivity index (χ0v) is 13.0. The predicted octanol–water partition coefficient (Wildman–Crippen LogP) is 4.15. The Bertz CT molecular complexity index is 1020. The fourth-order valence-electron chi connectivity index (χ4n) is 2.97. The number of nitrogens with zero attached hydrogens (tertiary/aromatic N) is 2. The summed E-state index contributed by atoms with van der Waals surface area (Å²) in [6, 6.07) is 17.6. The average Bonchev–Trinajstić information content (AvgIpc) is 2.99. The molecule has 0 saturated heterocycles. The molecule has 114 valence electrons. The molecule has 0 aliphatic heterocycles. The fourth-order valence-corrected chi connectivity index (χ4v) is 2.97. The zero-order valence-electron chi connectivity index (χ0n) is 13.0. The van der Waals surface area contributed by atoms with Gasteiger partial charge in [0, 0.05) is 25.0 Å². The lowest BCUT2D eigenvalue weighted by atomic mass is 9.96. The summed E-state index contributed by atoms with van der Waals surface area (Å²) in [6.07, 6.45) is 0. The summed E-state index contributed by atoms with van der Waals surface area (Å²) < 4.78 is 0. The molecule has 3 aromatic carbocycles. The molecule has 1 heterocycles. The minimum absolute atomic E-state index is 0.282. The van der Waals surface area contributed by atoms with Gasteiger partial charge in [-0.3, -0.25) is 0 Å². The maximum atomic E-state index is 10.3. The summed E-state index contributed by atoms with van der Waals surface area (Å²) in [5.41, 5.74) is 3.74. The number of fused-ring (bicyclic) bond motifs is 3. The quantitative estimate of drug-likeness (QED) is 0.585. The summed E-state index contributed by atoms with van der Waals surface area (Å²) in [6.45, 7) is 0. The number of hydrogen-bond donors (Lipinski definition) is 2. The van der Waals surface area contributed by atoms with E-state index in [1.807, 2.05) is 49.3 Å². The molecular formula is C19H17N3O. The van der Waals surface area contributed by atoms with E-state index in [2.05, 4.69) is 23.2 Å². The second-order valence-corrected chi connectivity index (χ2v) is 5.84. The van der Waals surface area contributed by atoms with Gasteiger partial charge in [-0.15, -0.1) is 0 Å². The number of hydrogen-bond acceptors (Lipinski definition) is 3. The van der Waals surface area contributed by atoms with E-state index in [1.165, 1.54) is 0 Å². The van der Waals surface area contributed by atoms with Crippen LogP contribution in [-0.4, -0.2) is 29.2 Å². The number of aromatic nitrogens is 2. The molecule has 4 rings (SSSR count). The number of rotatable bonds is 2. The number of anilines is 1. The van der Waals surface area contributed by atoms with Crippen LogP contribution in [0, 0.1) is 0 Å². The third-order valence-electron chi connectivity index (χ3n) is 4.10. The van der Waals surface area contributed by atoms with E-state index >= 15 is 0 Å². The van der Waals surface area contributed by atoms with Crippen molar-refractivity contribution >= 4 is 27.8 Å². The molecule has 4 aromatic rings. The molecule has 0 saturated carbocycles. The number of aromatic amines is 1. The summed E-state index contributed by atoms with van der Waals surface area (Å²) in [5, 5.41) is 12.4. The molecule has 4 heteroatoms. The third kappa shape index (κ3) is 2.11. The lowest BCUT2D eigenvalue weighted by Crippen LogP contribution is -2.09. The van der Waals surface area contributed by atoms with Crippen LogP contribution < -0.4 is 4.90 Å². The summed E-state index contributed by atoms with van der Waals surface area (Å²) >= 11 is 0. The minimum atomic E-state index is 0.282. The standard InChI is InChI=1S/C19H17N3O/c1-22(2)19-20-16-11-15(13-8-5-6-10-17(13)23)12-7-3-4-9-14(12)18(16)21-19/h3-11,23H,1-2H3,(H,20,21). The van der Waals surface area contributed by atoms with Gasteiger partial charge in [0.2, 0.25) is 5.95 Å². The molecule has 0 radical (unpaired) electrons. The van der Waals surface area contributed by atoms with E-state index in [0.29, 0.717) is 0 Å². The normalized spacial score (nSPS) is 11.2. The molecule has 0 aliphatic rings. The predicted molar refractivity (Wildman–Crippen MR) is 95.0 cm³/mol. The Hall–Kier alpha value is -3.01. The van der Waals surface area contributed by atoms with Gasteiger partial charge in [-0.2, -0.15) is 0 Å². The van der Waals surface area contributed by atoms with Crippen molar-refractivity contribution in [1.29, 1.82) is 0 Å². The van der Waals surface area contributed by atoms with Crippen LogP contribution in [0.1, 0.15) is 0 Å². The van der Waals surface area contributed by atoms with Crippen molar-refractivity contribution in [3.8, 4) is 16.9 Å². The Labute approximate surface area is 134 Å². The van der Waals surface area contributed by atoms with Gasteiger partial charge in [-0.1, -0.05) is 42.5 Å². The first-order valence-corrected chi connectivity index (χ1v) is 7.52. The minimum Gasteiger partial charge on any atom is -0.507 e. The number of imidazole rings is 1. The second-order valence-electron chi connectivity index (χ2n) is 5.84. The van der Waals surface area contributed by atoms with Crippen molar-refractivity contribution < 1.29 is 5.11 Å². The molecule has 0 unspecified atom stereocenters. The molecule has 2 N–H and O–H groups in total. The van der Waals surface area contributed by atoms with E-state index < -0.39 is 0 Å². The second kappa shape index (κ2) is 5.02. The van der Waals surface area contributed by atoms with Crippen molar-refractivity contribution in [3.63, 3.8) is 0 Å². The van der Waals surface area contributed by atoms with Gasteiger partial charge in [0.05, 0.1) is 11.0 Å². The number of nitrogens with one attached hydrogen (secondary N) is 1. The number of para-hydroxylation sites is 1. The molecule has 4 nitrogen and oxygen atoms in total. The summed E-state index contributed by atoms with van der Waals surface area (Å²) in [5.74, 6) is 1.10. The summed E-state index contributed by atoms with van der Waals surface area (Å²) in [4.78, 5) is 10.0. The summed E-state index contributed by atoms with van der Waals surface area (Å²) in [7, 11) is 3.92. The molecule has 0 spiro atoms. The van der Waals surface area contributed by atoms with Gasteiger partial charge in [0.25, 0.3) is 0 Å². The van der Waals surface area contributed by atoms with Gasteiger partial charge in [0.1, 0.15) is 5.75 Å². The smallest absolute Gasteiger partial charge is 0.203 e. The molecule has 23 heavy (non-hydrogen) atoms. The Morgan fingerprint density at radius 3 is 2.35 bits per heavy atom. The third-order valence-corrected chi connectivity index (χ3v) is 4.10. The molecule has 0 amide bonds. The van der Waals surface area contributed by atoms with E-state index in [1.54, 1.807) is 6.07 Å². The van der Waals surface area contributed by atoms with Crippen LogP contribution >= 0.6 is 0 Å². The molecule has 0 aliphatic carbocycles. The van der Waals surface area contributed by atoms with Gasteiger partial charge >= 0.3 is 0 Å². The monoisotopic (exact) mass is 303 g/mol. The van der Waals surface area contributed by atoms with E-state index in [-0.39, 0.29) is 5.75 Å². The van der Waals surface area contributed by atoms with Crippen LogP contribution in [0.25, 0.3) is 32.9 Å². The maximum absolute atomic E-state index is 10.3. The highest BCUT2D eigenvalue weighted by Gasteiger charge is 2.14. The molecule has 0 bridgehead atoms. The van der Waals surface area contributed by atoms with Crippen molar-refractivity contribution in [1.82, 2.24) is 9.97 Å². The fraction of sp³-hybridized carbons (Fsp3) is 0.105. The SMILES string of the molecule is CN(C)c1nc2c(cc(-c3ccccc3O)c3ccccc32)[nH]1. The van der Waals surface area contributed by atoms with Crippen molar-refractivity contribution in [3.05, 3.63) is 54.6 Å². The first-order valence-electron chi connectivity index (χ1n) is 7.52. The highest BCUT2D eigenvalue weighted by molar-refractivity contribution is 6.12. The van der Waals surface area contributed by atoms with Crippen LogP contribution in [-0.2, 0) is 0 Å². The Kier molecular flexibility index (Phi) is 2.98. The first-order chi connectivity index (χ1) is 11.1. The number of phenols is 1. The zero-order chi connectivity index (χ0) is 16.0. The molecular weight excluding hydrogens is 286 g/mol. The van der Waals surface area contributed by atoms with Crippen molar-refractivity contribution in [2.24, 2.45) is 0 Å². The molecule has 0 fully saturated rings. The van der Waals surface area contributed by atoms with Gasteiger partial charge in [-0.25, -0.2) is 4.98 Å². The van der Waals surface area contributed by atoms with Gasteiger partial charge in [-0.05, 0) is 23.1 Å². The highest BCUT2D eigenvalue weighted by Crippen LogP contribution is 2.38. The average molecular weight is 303 g/mol. The van der Waals surface area contributed by atoms with Crippen molar-refractivity contribution in [2.45, 2.75) is 0 Å². The molecule has 0 atom stereocenters. The lowest BCUT2D eigenvalue weighted by Gasteiger charge is -2.09. The van der Waals surface area contributed by atoms with Crippen LogP contribution in [0.4, 0.5) is 5.95 Å².